The minimum Gasteiger partial charge on any atom is -0.464 e. The van der Waals surface area contributed by atoms with Gasteiger partial charge in [-0.15, -0.1) is 11.8 Å². The fourth-order valence-electron chi connectivity index (χ4n) is 0.897. The van der Waals surface area contributed by atoms with Crippen molar-refractivity contribution in [2.75, 3.05) is 7.11 Å². The van der Waals surface area contributed by atoms with E-state index in [1.54, 1.807) is 18.0 Å². The SMILES string of the molecule is CCC(C)Sc1cncc(C(=O)OC)n1. The first-order valence-electron chi connectivity index (χ1n) is 4.74. The quantitative estimate of drug-likeness (QED) is 0.581. The van der Waals surface area contributed by atoms with Gasteiger partial charge in [0.05, 0.1) is 19.5 Å². The molecule has 1 aromatic rings. The Hall–Kier alpha value is -1.10. The van der Waals surface area contributed by atoms with Crippen LogP contribution in [-0.4, -0.2) is 28.3 Å². The van der Waals surface area contributed by atoms with Crippen LogP contribution in [0.25, 0.3) is 0 Å². The van der Waals surface area contributed by atoms with Crippen molar-refractivity contribution in [2.45, 2.75) is 30.5 Å². The summed E-state index contributed by atoms with van der Waals surface area (Å²) in [6, 6.07) is 0. The Morgan fingerprint density at radius 1 is 1.60 bits per heavy atom. The molecule has 0 spiro atoms. The average molecular weight is 226 g/mol. The lowest BCUT2D eigenvalue weighted by Crippen LogP contribution is -2.06. The molecule has 1 atom stereocenters. The molecule has 0 saturated carbocycles. The zero-order valence-electron chi connectivity index (χ0n) is 9.06. The van der Waals surface area contributed by atoms with Crippen LogP contribution in [0, 0.1) is 0 Å². The first-order chi connectivity index (χ1) is 7.17. The van der Waals surface area contributed by atoms with E-state index in [4.69, 9.17) is 0 Å². The minimum absolute atomic E-state index is 0.255. The molecule has 0 fully saturated rings. The standard InChI is InChI=1S/C10H14N2O2S/c1-4-7(2)15-9-6-11-5-8(12-9)10(13)14-3/h5-7H,4H2,1-3H3. The summed E-state index contributed by atoms with van der Waals surface area (Å²) in [5.74, 6) is -0.450. The number of esters is 1. The highest BCUT2D eigenvalue weighted by molar-refractivity contribution is 7.99. The third-order valence-electron chi connectivity index (χ3n) is 1.90. The third-order valence-corrected chi connectivity index (χ3v) is 3.08. The van der Waals surface area contributed by atoms with Gasteiger partial charge in [0.2, 0.25) is 0 Å². The fraction of sp³-hybridized carbons (Fsp3) is 0.500. The molecule has 0 aromatic carbocycles. The molecule has 1 unspecified atom stereocenters. The van der Waals surface area contributed by atoms with E-state index in [0.29, 0.717) is 5.25 Å². The molecule has 0 saturated heterocycles. The average Bonchev–Trinajstić information content (AvgIpc) is 2.28. The van der Waals surface area contributed by atoms with Gasteiger partial charge in [-0.05, 0) is 6.42 Å². The second kappa shape index (κ2) is 5.70. The molecule has 0 amide bonds. The molecule has 1 aromatic heterocycles. The van der Waals surface area contributed by atoms with Crippen LogP contribution < -0.4 is 0 Å². The summed E-state index contributed by atoms with van der Waals surface area (Å²) in [4.78, 5) is 19.3. The zero-order valence-corrected chi connectivity index (χ0v) is 9.87. The molecule has 1 heterocycles. The fourth-order valence-corrected chi connectivity index (χ4v) is 1.75. The van der Waals surface area contributed by atoms with E-state index in [9.17, 15) is 4.79 Å². The number of nitrogens with zero attached hydrogens (tertiary/aromatic N) is 2. The predicted molar refractivity (Wildman–Crippen MR) is 59.0 cm³/mol. The Morgan fingerprint density at radius 2 is 2.33 bits per heavy atom. The van der Waals surface area contributed by atoms with Crippen molar-refractivity contribution in [3.8, 4) is 0 Å². The van der Waals surface area contributed by atoms with Gasteiger partial charge in [-0.3, -0.25) is 4.98 Å². The Kier molecular flexibility index (Phi) is 4.55. The lowest BCUT2D eigenvalue weighted by Gasteiger charge is -2.07. The van der Waals surface area contributed by atoms with Gasteiger partial charge >= 0.3 is 5.97 Å². The molecular formula is C10H14N2O2S. The number of hydrogen-bond acceptors (Lipinski definition) is 5. The molecule has 0 N–H and O–H groups in total. The normalized spacial score (nSPS) is 12.2. The van der Waals surface area contributed by atoms with Gasteiger partial charge in [0.1, 0.15) is 5.03 Å². The number of methoxy groups -OCH3 is 1. The lowest BCUT2D eigenvalue weighted by atomic mass is 10.4. The molecule has 15 heavy (non-hydrogen) atoms. The van der Waals surface area contributed by atoms with E-state index >= 15 is 0 Å². The topological polar surface area (TPSA) is 52.1 Å². The Bertz CT molecular complexity index is 344. The summed E-state index contributed by atoms with van der Waals surface area (Å²) >= 11 is 1.60. The van der Waals surface area contributed by atoms with Crippen LogP contribution in [0.3, 0.4) is 0 Å². The molecule has 82 valence electrons. The van der Waals surface area contributed by atoms with Crippen LogP contribution in [0.4, 0.5) is 0 Å². The lowest BCUT2D eigenvalue weighted by molar-refractivity contribution is 0.0592. The zero-order chi connectivity index (χ0) is 11.3. The maximum absolute atomic E-state index is 11.2. The predicted octanol–water partition coefficient (Wildman–Crippen LogP) is 2.15. The van der Waals surface area contributed by atoms with E-state index in [-0.39, 0.29) is 5.69 Å². The van der Waals surface area contributed by atoms with E-state index in [1.807, 2.05) is 0 Å². The molecule has 0 aliphatic heterocycles. The summed E-state index contributed by atoms with van der Waals surface area (Å²) in [7, 11) is 1.33. The van der Waals surface area contributed by atoms with E-state index in [0.717, 1.165) is 11.4 Å². The Labute approximate surface area is 93.5 Å². The number of aromatic nitrogens is 2. The molecule has 1 rings (SSSR count). The van der Waals surface area contributed by atoms with Crippen LogP contribution in [0.15, 0.2) is 17.4 Å². The summed E-state index contributed by atoms with van der Waals surface area (Å²) in [6.07, 6.45) is 4.12. The van der Waals surface area contributed by atoms with Gasteiger partial charge in [-0.2, -0.15) is 0 Å². The highest BCUT2D eigenvalue weighted by Crippen LogP contribution is 2.22. The van der Waals surface area contributed by atoms with Crippen molar-refractivity contribution in [3.05, 3.63) is 18.1 Å². The van der Waals surface area contributed by atoms with Crippen LogP contribution in [0.2, 0.25) is 0 Å². The van der Waals surface area contributed by atoms with Crippen molar-refractivity contribution in [1.29, 1.82) is 0 Å². The maximum atomic E-state index is 11.2. The highest BCUT2D eigenvalue weighted by atomic mass is 32.2. The molecule has 0 radical (unpaired) electrons. The molecule has 0 bridgehead atoms. The molecule has 4 nitrogen and oxygen atoms in total. The summed E-state index contributed by atoms with van der Waals surface area (Å²) < 4.78 is 4.57. The monoisotopic (exact) mass is 226 g/mol. The first kappa shape index (κ1) is 12.0. The van der Waals surface area contributed by atoms with E-state index < -0.39 is 5.97 Å². The van der Waals surface area contributed by atoms with Crippen molar-refractivity contribution in [1.82, 2.24) is 9.97 Å². The minimum atomic E-state index is -0.450. The number of ether oxygens (including phenoxy) is 1. The number of carbonyl (C=O) groups excluding carboxylic acids is 1. The van der Waals surface area contributed by atoms with Crippen LogP contribution in [-0.2, 0) is 4.74 Å². The van der Waals surface area contributed by atoms with Gasteiger partial charge in [0, 0.05) is 5.25 Å². The second-order valence-electron chi connectivity index (χ2n) is 3.07. The van der Waals surface area contributed by atoms with Gasteiger partial charge in [0.25, 0.3) is 0 Å². The Balaban J connectivity index is 2.78. The number of carbonyl (C=O) groups is 1. The van der Waals surface area contributed by atoms with E-state index in [2.05, 4.69) is 28.6 Å². The molecule has 5 heteroatoms. The van der Waals surface area contributed by atoms with E-state index in [1.165, 1.54) is 13.3 Å². The van der Waals surface area contributed by atoms with Gasteiger partial charge in [0.15, 0.2) is 5.69 Å². The number of rotatable bonds is 4. The number of thioether (sulfide) groups is 1. The van der Waals surface area contributed by atoms with Gasteiger partial charge < -0.3 is 4.74 Å². The molecule has 0 aliphatic rings. The Morgan fingerprint density at radius 3 is 2.93 bits per heavy atom. The van der Waals surface area contributed by atoms with Gasteiger partial charge in [-0.25, -0.2) is 9.78 Å². The smallest absolute Gasteiger partial charge is 0.358 e. The summed E-state index contributed by atoms with van der Waals surface area (Å²) in [6.45, 7) is 4.21. The van der Waals surface area contributed by atoms with Crippen molar-refractivity contribution >= 4 is 17.7 Å². The van der Waals surface area contributed by atoms with Crippen molar-refractivity contribution in [2.24, 2.45) is 0 Å². The van der Waals surface area contributed by atoms with Crippen LogP contribution >= 0.6 is 11.8 Å². The maximum Gasteiger partial charge on any atom is 0.358 e. The van der Waals surface area contributed by atoms with Crippen molar-refractivity contribution in [3.63, 3.8) is 0 Å². The van der Waals surface area contributed by atoms with Crippen molar-refractivity contribution < 1.29 is 9.53 Å². The molecule has 0 aliphatic carbocycles. The largest absolute Gasteiger partial charge is 0.464 e. The summed E-state index contributed by atoms with van der Waals surface area (Å²) in [5.41, 5.74) is 0.255. The highest BCUT2D eigenvalue weighted by Gasteiger charge is 2.10. The second-order valence-corrected chi connectivity index (χ2v) is 4.53. The third kappa shape index (κ3) is 3.51. The first-order valence-corrected chi connectivity index (χ1v) is 5.62. The summed E-state index contributed by atoms with van der Waals surface area (Å²) in [5, 5.41) is 1.22. The van der Waals surface area contributed by atoms with Crippen LogP contribution in [0.1, 0.15) is 30.8 Å². The van der Waals surface area contributed by atoms with Gasteiger partial charge in [-0.1, -0.05) is 13.8 Å². The number of hydrogen-bond donors (Lipinski definition) is 0. The molecular weight excluding hydrogens is 212 g/mol. The van der Waals surface area contributed by atoms with Crippen LogP contribution in [0.5, 0.6) is 0 Å².